The number of hydrogen-bond donors (Lipinski definition) is 0. The molecule has 3 rings (SSSR count). The van der Waals surface area contributed by atoms with Gasteiger partial charge < -0.3 is 9.15 Å². The van der Waals surface area contributed by atoms with E-state index in [-0.39, 0.29) is 0 Å². The van der Waals surface area contributed by atoms with Gasteiger partial charge in [-0.3, -0.25) is 4.90 Å². The van der Waals surface area contributed by atoms with Gasteiger partial charge in [-0.2, -0.15) is 0 Å². The first-order valence-corrected chi connectivity index (χ1v) is 7.12. The van der Waals surface area contributed by atoms with E-state index in [0.717, 1.165) is 23.8 Å². The van der Waals surface area contributed by atoms with Gasteiger partial charge in [-0.25, -0.2) is 0 Å². The fourth-order valence-electron chi connectivity index (χ4n) is 2.85. The van der Waals surface area contributed by atoms with Crippen molar-refractivity contribution in [3.8, 4) is 0 Å². The molecule has 0 saturated carbocycles. The quantitative estimate of drug-likeness (QED) is 0.825. The normalized spacial score (nSPS) is 27.5. The molecule has 3 nitrogen and oxygen atoms in total. The fourth-order valence-corrected chi connectivity index (χ4v) is 4.49. The number of aryl methyl sites for hydroxylation is 1. The summed E-state index contributed by atoms with van der Waals surface area (Å²) in [4.78, 5) is 2.46. The van der Waals surface area contributed by atoms with Crippen LogP contribution in [-0.4, -0.2) is 41.7 Å². The average molecular weight is 253 g/mol. The van der Waals surface area contributed by atoms with Gasteiger partial charge in [-0.05, 0) is 25.5 Å². The van der Waals surface area contributed by atoms with Crippen LogP contribution in [0.4, 0.5) is 0 Å². The molecule has 94 valence electrons. The Morgan fingerprint density at radius 1 is 1.53 bits per heavy atom. The molecule has 1 unspecified atom stereocenters. The highest BCUT2D eigenvalue weighted by Gasteiger charge is 2.49. The number of methoxy groups -OCH3 is 1. The minimum atomic E-state index is 0.466. The van der Waals surface area contributed by atoms with Gasteiger partial charge in [0, 0.05) is 30.7 Å². The number of rotatable bonds is 3. The van der Waals surface area contributed by atoms with Crippen LogP contribution in [0.25, 0.3) is 0 Å². The maximum Gasteiger partial charge on any atom is 0.118 e. The summed E-state index contributed by atoms with van der Waals surface area (Å²) in [6.45, 7) is 5.31. The maximum atomic E-state index is 5.61. The van der Waals surface area contributed by atoms with E-state index in [1.54, 1.807) is 0 Å². The highest BCUT2D eigenvalue weighted by atomic mass is 32.2. The molecule has 0 N–H and O–H groups in total. The van der Waals surface area contributed by atoms with Crippen molar-refractivity contribution in [2.75, 3.05) is 26.0 Å². The first-order valence-electron chi connectivity index (χ1n) is 6.14. The van der Waals surface area contributed by atoms with Crippen LogP contribution >= 0.6 is 11.8 Å². The predicted molar refractivity (Wildman–Crippen MR) is 69.3 cm³/mol. The van der Waals surface area contributed by atoms with Crippen LogP contribution in [0, 0.1) is 6.92 Å². The zero-order valence-corrected chi connectivity index (χ0v) is 11.3. The summed E-state index contributed by atoms with van der Waals surface area (Å²) in [5.74, 6) is 3.25. The second-order valence-corrected chi connectivity index (χ2v) is 6.70. The fraction of sp³-hybridized carbons (Fsp3) is 0.692. The summed E-state index contributed by atoms with van der Waals surface area (Å²) in [7, 11) is 1.83. The van der Waals surface area contributed by atoms with Crippen LogP contribution in [0.1, 0.15) is 17.9 Å². The van der Waals surface area contributed by atoms with E-state index in [1.165, 1.54) is 19.5 Å². The zero-order valence-electron chi connectivity index (χ0n) is 10.4. The van der Waals surface area contributed by atoms with Crippen molar-refractivity contribution in [3.63, 3.8) is 0 Å². The van der Waals surface area contributed by atoms with Gasteiger partial charge in [0.05, 0.1) is 12.6 Å². The lowest BCUT2D eigenvalue weighted by molar-refractivity contribution is 0.0595. The Balaban J connectivity index is 1.52. The second-order valence-electron chi connectivity index (χ2n) is 5.21. The first kappa shape index (κ1) is 11.6. The van der Waals surface area contributed by atoms with Crippen LogP contribution in [0.3, 0.4) is 0 Å². The van der Waals surface area contributed by atoms with Crippen molar-refractivity contribution >= 4 is 11.8 Å². The largest absolute Gasteiger partial charge is 0.465 e. The van der Waals surface area contributed by atoms with Crippen LogP contribution in [0.5, 0.6) is 0 Å². The maximum absolute atomic E-state index is 5.61. The van der Waals surface area contributed by atoms with Crippen molar-refractivity contribution in [1.82, 2.24) is 4.90 Å². The lowest BCUT2D eigenvalue weighted by Gasteiger charge is -2.47. The average Bonchev–Trinajstić information content (AvgIpc) is 2.85. The number of likely N-dealkylation sites (tertiary alicyclic amines) is 1. The van der Waals surface area contributed by atoms with Crippen LogP contribution < -0.4 is 0 Å². The molecular formula is C13H19NO2S. The van der Waals surface area contributed by atoms with Crippen molar-refractivity contribution in [2.24, 2.45) is 0 Å². The molecule has 4 heteroatoms. The molecule has 0 aromatic carbocycles. The van der Waals surface area contributed by atoms with Crippen molar-refractivity contribution in [1.29, 1.82) is 0 Å². The van der Waals surface area contributed by atoms with Gasteiger partial charge in [0.15, 0.2) is 0 Å². The third-order valence-corrected chi connectivity index (χ3v) is 5.28. The Hall–Kier alpha value is -0.450. The summed E-state index contributed by atoms with van der Waals surface area (Å²) in [6, 6.07) is 4.12. The Labute approximate surface area is 106 Å². The second kappa shape index (κ2) is 4.34. The van der Waals surface area contributed by atoms with E-state index in [9.17, 15) is 0 Å². The van der Waals surface area contributed by atoms with Crippen LogP contribution in [0.15, 0.2) is 16.5 Å². The van der Waals surface area contributed by atoms with Crippen molar-refractivity contribution < 1.29 is 9.15 Å². The Kier molecular flexibility index (Phi) is 2.97. The lowest BCUT2D eigenvalue weighted by Crippen LogP contribution is -2.58. The van der Waals surface area contributed by atoms with E-state index >= 15 is 0 Å². The molecular weight excluding hydrogens is 234 g/mol. The molecule has 0 bridgehead atoms. The molecule has 1 spiro atoms. The summed E-state index contributed by atoms with van der Waals surface area (Å²) < 4.78 is 11.5. The smallest absolute Gasteiger partial charge is 0.118 e. The van der Waals surface area contributed by atoms with E-state index in [0.29, 0.717) is 10.9 Å². The third-order valence-electron chi connectivity index (χ3n) is 3.71. The zero-order chi connectivity index (χ0) is 11.9. The Morgan fingerprint density at radius 3 is 2.94 bits per heavy atom. The molecule has 0 amide bonds. The SMILES string of the molecule is COC1CSC2(C1)CN(Cc1ccc(C)o1)C2. The third kappa shape index (κ3) is 2.26. The first-order chi connectivity index (χ1) is 8.19. The van der Waals surface area contributed by atoms with Gasteiger partial charge in [0.1, 0.15) is 11.5 Å². The highest BCUT2D eigenvalue weighted by Crippen LogP contribution is 2.46. The molecule has 3 heterocycles. The standard InChI is InChI=1S/C13H19NO2S/c1-10-3-4-11(16-10)6-14-8-13(9-14)5-12(15-2)7-17-13/h3-4,12H,5-9H2,1-2H3. The molecule has 2 fully saturated rings. The van der Waals surface area contributed by atoms with Gasteiger partial charge in [-0.1, -0.05) is 0 Å². The van der Waals surface area contributed by atoms with Gasteiger partial charge in [0.25, 0.3) is 0 Å². The monoisotopic (exact) mass is 253 g/mol. The Bertz CT molecular complexity index is 398. The summed E-state index contributed by atoms with van der Waals surface area (Å²) in [5.41, 5.74) is 0. The van der Waals surface area contributed by atoms with E-state index in [4.69, 9.17) is 9.15 Å². The minimum Gasteiger partial charge on any atom is -0.465 e. The van der Waals surface area contributed by atoms with Gasteiger partial charge in [0.2, 0.25) is 0 Å². The van der Waals surface area contributed by atoms with Crippen LogP contribution in [-0.2, 0) is 11.3 Å². The van der Waals surface area contributed by atoms with E-state index in [2.05, 4.69) is 22.7 Å². The topological polar surface area (TPSA) is 25.6 Å². The lowest BCUT2D eigenvalue weighted by atomic mass is 9.93. The summed E-state index contributed by atoms with van der Waals surface area (Å²) in [5, 5.41) is 0. The minimum absolute atomic E-state index is 0.466. The van der Waals surface area contributed by atoms with Gasteiger partial charge in [-0.15, -0.1) is 11.8 Å². The summed E-state index contributed by atoms with van der Waals surface area (Å²) in [6.07, 6.45) is 1.68. The molecule has 1 atom stereocenters. The predicted octanol–water partition coefficient (Wildman–Crippen LogP) is 2.29. The molecule has 2 aliphatic heterocycles. The number of nitrogens with zero attached hydrogens (tertiary/aromatic N) is 1. The molecule has 2 aliphatic rings. The molecule has 0 aliphatic carbocycles. The molecule has 2 saturated heterocycles. The summed E-state index contributed by atoms with van der Waals surface area (Å²) >= 11 is 2.09. The van der Waals surface area contributed by atoms with Crippen molar-refractivity contribution in [2.45, 2.75) is 30.7 Å². The van der Waals surface area contributed by atoms with E-state index < -0.39 is 0 Å². The van der Waals surface area contributed by atoms with Crippen LogP contribution in [0.2, 0.25) is 0 Å². The van der Waals surface area contributed by atoms with Gasteiger partial charge >= 0.3 is 0 Å². The molecule has 0 radical (unpaired) electrons. The molecule has 1 aromatic heterocycles. The number of ether oxygens (including phenoxy) is 1. The number of hydrogen-bond acceptors (Lipinski definition) is 4. The molecule has 17 heavy (non-hydrogen) atoms. The number of furan rings is 1. The van der Waals surface area contributed by atoms with E-state index in [1.807, 2.05) is 20.1 Å². The Morgan fingerprint density at radius 2 is 2.35 bits per heavy atom. The molecule has 1 aromatic rings. The van der Waals surface area contributed by atoms with Crippen molar-refractivity contribution in [3.05, 3.63) is 23.7 Å². The number of thioether (sulfide) groups is 1. The highest BCUT2D eigenvalue weighted by molar-refractivity contribution is 8.01.